The first kappa shape index (κ1) is 19.0. The molecule has 3 nitrogen and oxygen atoms in total. The fraction of sp³-hybridized carbons (Fsp3) is 0.500. The Hall–Kier alpha value is -1.78. The Balaban J connectivity index is 1.61. The van der Waals surface area contributed by atoms with E-state index in [2.05, 4.69) is 28.9 Å². The molecule has 1 aromatic heterocycles. The van der Waals surface area contributed by atoms with Gasteiger partial charge in [-0.15, -0.1) is 0 Å². The van der Waals surface area contributed by atoms with Crippen molar-refractivity contribution in [3.05, 3.63) is 65.2 Å². The van der Waals surface area contributed by atoms with Gasteiger partial charge in [0.15, 0.2) is 0 Å². The quantitative estimate of drug-likeness (QED) is 0.701. The number of aromatic nitrogens is 1. The Bertz CT molecular complexity index is 686. The van der Waals surface area contributed by atoms with Crippen LogP contribution in [0.1, 0.15) is 36.6 Å². The van der Waals surface area contributed by atoms with Gasteiger partial charge in [-0.25, -0.2) is 4.39 Å². The zero-order valence-electron chi connectivity index (χ0n) is 15.9. The second kappa shape index (κ2) is 8.74. The molecule has 1 fully saturated rings. The molecule has 1 aliphatic rings. The maximum Gasteiger partial charge on any atom is 0.123 e. The van der Waals surface area contributed by atoms with E-state index in [1.54, 1.807) is 12.1 Å². The van der Waals surface area contributed by atoms with Gasteiger partial charge in [0.1, 0.15) is 5.82 Å². The van der Waals surface area contributed by atoms with Crippen LogP contribution in [0.5, 0.6) is 0 Å². The van der Waals surface area contributed by atoms with Crippen LogP contribution in [0.25, 0.3) is 0 Å². The summed E-state index contributed by atoms with van der Waals surface area (Å²) in [4.78, 5) is 6.92. The Morgan fingerprint density at radius 2 is 1.92 bits per heavy atom. The first-order chi connectivity index (χ1) is 12.6. The Labute approximate surface area is 156 Å². The lowest BCUT2D eigenvalue weighted by molar-refractivity contribution is 0.0489. The molecule has 0 radical (unpaired) electrons. The lowest BCUT2D eigenvalue weighted by atomic mass is 9.82. The molecule has 4 heteroatoms. The number of pyridine rings is 1. The summed E-state index contributed by atoms with van der Waals surface area (Å²) in [6.07, 6.45) is 5.17. The summed E-state index contributed by atoms with van der Waals surface area (Å²) in [5.74, 6) is -0.170. The zero-order chi connectivity index (χ0) is 18.4. The normalized spacial score (nSPS) is 20.6. The van der Waals surface area contributed by atoms with Crippen molar-refractivity contribution in [1.82, 2.24) is 9.88 Å². The van der Waals surface area contributed by atoms with Crippen LogP contribution in [-0.4, -0.2) is 36.2 Å². The van der Waals surface area contributed by atoms with E-state index in [0.29, 0.717) is 0 Å². The van der Waals surface area contributed by atoms with Crippen LogP contribution in [0.3, 0.4) is 0 Å². The molecular weight excluding hydrogens is 327 g/mol. The van der Waals surface area contributed by atoms with Crippen LogP contribution in [0, 0.1) is 18.2 Å². The second-order valence-corrected chi connectivity index (χ2v) is 7.53. The third-order valence-corrected chi connectivity index (χ3v) is 5.37. The molecule has 26 heavy (non-hydrogen) atoms. The molecule has 1 saturated heterocycles. The van der Waals surface area contributed by atoms with Gasteiger partial charge in [0.2, 0.25) is 0 Å². The van der Waals surface area contributed by atoms with E-state index < -0.39 is 0 Å². The van der Waals surface area contributed by atoms with Gasteiger partial charge >= 0.3 is 0 Å². The summed E-state index contributed by atoms with van der Waals surface area (Å²) < 4.78 is 19.0. The number of aryl methyl sites for hydroxylation is 2. The number of hydrogen-bond donors (Lipinski definition) is 0. The summed E-state index contributed by atoms with van der Waals surface area (Å²) in [5.41, 5.74) is 3.70. The van der Waals surface area contributed by atoms with Gasteiger partial charge in [-0.3, -0.25) is 9.88 Å². The van der Waals surface area contributed by atoms with Crippen molar-refractivity contribution in [2.45, 2.75) is 39.7 Å². The minimum absolute atomic E-state index is 0.170. The van der Waals surface area contributed by atoms with Gasteiger partial charge in [-0.2, -0.15) is 0 Å². The average molecular weight is 356 g/mol. The summed E-state index contributed by atoms with van der Waals surface area (Å²) in [5, 5.41) is 0. The molecule has 1 aliphatic heterocycles. The summed E-state index contributed by atoms with van der Waals surface area (Å²) in [7, 11) is 0. The van der Waals surface area contributed by atoms with Gasteiger partial charge in [0.25, 0.3) is 0 Å². The van der Waals surface area contributed by atoms with Gasteiger partial charge in [0, 0.05) is 37.0 Å². The standard InChI is InChI=1S/C22H29FN2O/c1-3-26-17-22(11-10-19-6-8-21(23)9-7-19)12-13-25(16-22)15-20-5-4-18(2)24-14-20/h4-9,14H,3,10-13,15-17H2,1-2H3. The monoisotopic (exact) mass is 356 g/mol. The minimum Gasteiger partial charge on any atom is -0.381 e. The van der Waals surface area contributed by atoms with Crippen molar-refractivity contribution in [1.29, 1.82) is 0 Å². The highest BCUT2D eigenvalue weighted by Crippen LogP contribution is 2.36. The fourth-order valence-electron chi connectivity index (χ4n) is 3.79. The Kier molecular flexibility index (Phi) is 6.38. The molecule has 140 valence electrons. The number of nitrogens with zero attached hydrogens (tertiary/aromatic N) is 2. The maximum absolute atomic E-state index is 13.1. The van der Waals surface area contributed by atoms with Crippen LogP contribution in [0.4, 0.5) is 4.39 Å². The first-order valence-corrected chi connectivity index (χ1v) is 9.55. The third kappa shape index (κ3) is 5.12. The van der Waals surface area contributed by atoms with Gasteiger partial charge < -0.3 is 4.74 Å². The topological polar surface area (TPSA) is 25.4 Å². The van der Waals surface area contributed by atoms with E-state index in [1.807, 2.05) is 25.3 Å². The molecule has 0 N–H and O–H groups in total. The molecule has 0 bridgehead atoms. The van der Waals surface area contributed by atoms with Crippen LogP contribution in [-0.2, 0) is 17.7 Å². The molecule has 0 amide bonds. The molecule has 0 spiro atoms. The van der Waals surface area contributed by atoms with Crippen molar-refractivity contribution in [2.75, 3.05) is 26.3 Å². The molecule has 1 atom stereocenters. The Morgan fingerprint density at radius 3 is 2.62 bits per heavy atom. The summed E-state index contributed by atoms with van der Waals surface area (Å²) in [6.45, 7) is 8.69. The predicted molar refractivity (Wildman–Crippen MR) is 103 cm³/mol. The SMILES string of the molecule is CCOCC1(CCc2ccc(F)cc2)CCN(Cc2ccc(C)nc2)C1. The van der Waals surface area contributed by atoms with E-state index in [1.165, 1.54) is 11.1 Å². The number of benzene rings is 1. The Morgan fingerprint density at radius 1 is 1.15 bits per heavy atom. The van der Waals surface area contributed by atoms with E-state index in [4.69, 9.17) is 4.74 Å². The molecule has 2 heterocycles. The fourth-order valence-corrected chi connectivity index (χ4v) is 3.79. The van der Waals surface area contributed by atoms with Gasteiger partial charge in [-0.05, 0) is 69.0 Å². The van der Waals surface area contributed by atoms with Crippen LogP contribution >= 0.6 is 0 Å². The zero-order valence-corrected chi connectivity index (χ0v) is 15.9. The summed E-state index contributed by atoms with van der Waals surface area (Å²) in [6, 6.07) is 11.1. The van der Waals surface area contributed by atoms with E-state index >= 15 is 0 Å². The van der Waals surface area contributed by atoms with Gasteiger partial charge in [0.05, 0.1) is 6.61 Å². The van der Waals surface area contributed by atoms with Crippen LogP contribution in [0.15, 0.2) is 42.6 Å². The second-order valence-electron chi connectivity index (χ2n) is 7.53. The maximum atomic E-state index is 13.1. The van der Waals surface area contributed by atoms with E-state index in [-0.39, 0.29) is 11.2 Å². The van der Waals surface area contributed by atoms with Crippen molar-refractivity contribution in [3.8, 4) is 0 Å². The van der Waals surface area contributed by atoms with Crippen LogP contribution in [0.2, 0.25) is 0 Å². The highest BCUT2D eigenvalue weighted by molar-refractivity contribution is 5.17. The molecule has 3 rings (SSSR count). The first-order valence-electron chi connectivity index (χ1n) is 9.55. The minimum atomic E-state index is -0.170. The van der Waals surface area contributed by atoms with Gasteiger partial charge in [-0.1, -0.05) is 18.2 Å². The highest BCUT2D eigenvalue weighted by atomic mass is 19.1. The average Bonchev–Trinajstić information content (AvgIpc) is 3.05. The van der Waals surface area contributed by atoms with Crippen molar-refractivity contribution >= 4 is 0 Å². The molecular formula is C22H29FN2O. The lowest BCUT2D eigenvalue weighted by Gasteiger charge is -2.29. The van der Waals surface area contributed by atoms with Crippen LogP contribution < -0.4 is 0 Å². The predicted octanol–water partition coefficient (Wildman–Crippen LogP) is 4.39. The highest BCUT2D eigenvalue weighted by Gasteiger charge is 2.37. The molecule has 0 aliphatic carbocycles. The smallest absolute Gasteiger partial charge is 0.123 e. The van der Waals surface area contributed by atoms with Crippen molar-refractivity contribution in [2.24, 2.45) is 5.41 Å². The number of likely N-dealkylation sites (tertiary alicyclic amines) is 1. The lowest BCUT2D eigenvalue weighted by Crippen LogP contribution is -2.32. The number of halogens is 1. The molecule has 1 aromatic carbocycles. The third-order valence-electron chi connectivity index (χ3n) is 5.37. The number of rotatable bonds is 8. The molecule has 1 unspecified atom stereocenters. The number of ether oxygens (including phenoxy) is 1. The van der Waals surface area contributed by atoms with E-state index in [9.17, 15) is 4.39 Å². The van der Waals surface area contributed by atoms with Crippen molar-refractivity contribution < 1.29 is 9.13 Å². The largest absolute Gasteiger partial charge is 0.381 e. The molecule has 0 saturated carbocycles. The molecule has 2 aromatic rings. The number of hydrogen-bond acceptors (Lipinski definition) is 3. The van der Waals surface area contributed by atoms with Crippen molar-refractivity contribution in [3.63, 3.8) is 0 Å². The van der Waals surface area contributed by atoms with E-state index in [0.717, 1.165) is 57.8 Å². The summed E-state index contributed by atoms with van der Waals surface area (Å²) >= 11 is 0.